The Hall–Kier alpha value is -1.35. The lowest BCUT2D eigenvalue weighted by atomic mass is 10.4. The lowest BCUT2D eigenvalue weighted by Gasteiger charge is -2.03. The van der Waals surface area contributed by atoms with Gasteiger partial charge in [-0.05, 0) is 24.7 Å². The van der Waals surface area contributed by atoms with Gasteiger partial charge in [0, 0.05) is 23.0 Å². The molecule has 0 bridgehead atoms. The molecule has 2 N–H and O–H groups in total. The largest absolute Gasteiger partial charge is 0.312 e. The molecule has 2 heterocycles. The highest BCUT2D eigenvalue weighted by atomic mass is 32.2. The van der Waals surface area contributed by atoms with Crippen LogP contribution < -0.4 is 10.0 Å². The summed E-state index contributed by atoms with van der Waals surface area (Å²) >= 11 is 1.43. The Bertz CT molecular complexity index is 640. The van der Waals surface area contributed by atoms with Crippen molar-refractivity contribution >= 4 is 21.4 Å². The van der Waals surface area contributed by atoms with E-state index in [1.54, 1.807) is 29.8 Å². The van der Waals surface area contributed by atoms with Gasteiger partial charge in [-0.25, -0.2) is 13.1 Å². The molecule has 0 amide bonds. The number of sulfonamides is 1. The summed E-state index contributed by atoms with van der Waals surface area (Å²) < 4.78 is 26.8. The van der Waals surface area contributed by atoms with E-state index in [0.717, 1.165) is 11.4 Å². The number of nitrogens with zero attached hydrogens (tertiary/aromatic N) is 2. The summed E-state index contributed by atoms with van der Waals surface area (Å²) in [5.41, 5.74) is 0.583. The third-order valence-corrected chi connectivity index (χ3v) is 5.03. The normalized spacial score (nSPS) is 11.7. The molecule has 2 aromatic heterocycles. The first-order valence-electron chi connectivity index (χ1n) is 6.16. The molecule has 0 aliphatic heterocycles. The van der Waals surface area contributed by atoms with E-state index < -0.39 is 10.0 Å². The van der Waals surface area contributed by atoms with Crippen molar-refractivity contribution in [3.05, 3.63) is 40.3 Å². The van der Waals surface area contributed by atoms with Crippen LogP contribution in [0.4, 0.5) is 0 Å². The quantitative estimate of drug-likeness (QED) is 0.800. The molecule has 2 rings (SSSR count). The highest BCUT2D eigenvalue weighted by Gasteiger charge is 2.16. The fraction of sp³-hybridized carbons (Fsp3) is 0.333. The Morgan fingerprint density at radius 1 is 1.35 bits per heavy atom. The minimum Gasteiger partial charge on any atom is -0.312 e. The fourth-order valence-electron chi connectivity index (χ4n) is 1.52. The molecule has 2 aromatic rings. The average molecular weight is 312 g/mol. The minimum absolute atomic E-state index is 0.133. The van der Waals surface area contributed by atoms with Crippen molar-refractivity contribution in [2.45, 2.75) is 24.9 Å². The van der Waals surface area contributed by atoms with Crippen molar-refractivity contribution in [1.29, 1.82) is 0 Å². The van der Waals surface area contributed by atoms with Gasteiger partial charge in [-0.1, -0.05) is 6.92 Å². The maximum atomic E-state index is 12.1. The standard InChI is InChI=1S/C12H16N4O2S2/c1-2-13-8-11-6-12(9-19-11)20(17,18)15-7-10-4-3-5-14-16-10/h3-6,9,13,15H,2,7-8H2,1H3. The van der Waals surface area contributed by atoms with Crippen LogP contribution in [0.2, 0.25) is 0 Å². The molecule has 6 nitrogen and oxygen atoms in total. The van der Waals surface area contributed by atoms with Gasteiger partial charge in [-0.15, -0.1) is 11.3 Å². The molecule has 0 radical (unpaired) electrons. The first-order valence-corrected chi connectivity index (χ1v) is 8.52. The molecule has 0 aliphatic rings. The van der Waals surface area contributed by atoms with E-state index in [-0.39, 0.29) is 6.54 Å². The molecule has 0 fully saturated rings. The molecule has 108 valence electrons. The van der Waals surface area contributed by atoms with Crippen LogP contribution in [0, 0.1) is 0 Å². The maximum Gasteiger partial charge on any atom is 0.241 e. The summed E-state index contributed by atoms with van der Waals surface area (Å²) in [7, 11) is -3.50. The molecule has 8 heteroatoms. The van der Waals surface area contributed by atoms with Crippen molar-refractivity contribution in [1.82, 2.24) is 20.2 Å². The molecule has 0 saturated carbocycles. The molecule has 20 heavy (non-hydrogen) atoms. The molecular weight excluding hydrogens is 296 g/mol. The molecule has 0 aliphatic carbocycles. The van der Waals surface area contributed by atoms with Crippen LogP contribution >= 0.6 is 11.3 Å². The van der Waals surface area contributed by atoms with Crippen LogP contribution in [0.1, 0.15) is 17.5 Å². The van der Waals surface area contributed by atoms with Gasteiger partial charge in [0.05, 0.1) is 17.1 Å². The molecular formula is C12H16N4O2S2. The Labute approximate surface area is 122 Å². The van der Waals surface area contributed by atoms with Gasteiger partial charge in [-0.3, -0.25) is 0 Å². The van der Waals surface area contributed by atoms with Gasteiger partial charge < -0.3 is 5.32 Å². The predicted molar refractivity (Wildman–Crippen MR) is 77.8 cm³/mol. The van der Waals surface area contributed by atoms with Crippen LogP contribution in [0.3, 0.4) is 0 Å². The van der Waals surface area contributed by atoms with Gasteiger partial charge in [0.15, 0.2) is 0 Å². The van der Waals surface area contributed by atoms with Crippen LogP contribution in [-0.4, -0.2) is 25.2 Å². The number of rotatable bonds is 7. The third kappa shape index (κ3) is 4.07. The second kappa shape index (κ2) is 6.89. The predicted octanol–water partition coefficient (Wildman–Crippen LogP) is 1.13. The lowest BCUT2D eigenvalue weighted by Crippen LogP contribution is -2.23. The van der Waals surface area contributed by atoms with Crippen LogP contribution in [0.5, 0.6) is 0 Å². The van der Waals surface area contributed by atoms with Crippen LogP contribution in [0.25, 0.3) is 0 Å². The van der Waals surface area contributed by atoms with Gasteiger partial charge in [-0.2, -0.15) is 10.2 Å². The topological polar surface area (TPSA) is 84.0 Å². The smallest absolute Gasteiger partial charge is 0.241 e. The van der Waals surface area contributed by atoms with Crippen molar-refractivity contribution in [2.24, 2.45) is 0 Å². The van der Waals surface area contributed by atoms with Gasteiger partial charge >= 0.3 is 0 Å². The summed E-state index contributed by atoms with van der Waals surface area (Å²) in [4.78, 5) is 1.28. The van der Waals surface area contributed by atoms with Gasteiger partial charge in [0.25, 0.3) is 0 Å². The highest BCUT2D eigenvalue weighted by Crippen LogP contribution is 2.19. The van der Waals surface area contributed by atoms with E-state index >= 15 is 0 Å². The number of nitrogens with one attached hydrogen (secondary N) is 2. The Balaban J connectivity index is 2.01. The van der Waals surface area contributed by atoms with Crippen molar-refractivity contribution < 1.29 is 8.42 Å². The summed E-state index contributed by atoms with van der Waals surface area (Å²) in [6.07, 6.45) is 1.55. The number of hydrogen-bond donors (Lipinski definition) is 2. The van der Waals surface area contributed by atoms with Crippen molar-refractivity contribution in [2.75, 3.05) is 6.54 Å². The molecule has 0 unspecified atom stereocenters. The fourth-order valence-corrected chi connectivity index (χ4v) is 3.77. The second-order valence-electron chi connectivity index (χ2n) is 4.07. The van der Waals surface area contributed by atoms with Crippen molar-refractivity contribution in [3.63, 3.8) is 0 Å². The zero-order valence-electron chi connectivity index (χ0n) is 11.0. The second-order valence-corrected chi connectivity index (χ2v) is 6.83. The summed E-state index contributed by atoms with van der Waals surface area (Å²) in [6.45, 7) is 3.67. The minimum atomic E-state index is -3.50. The van der Waals surface area contributed by atoms with Crippen molar-refractivity contribution in [3.8, 4) is 0 Å². The zero-order chi connectivity index (χ0) is 14.4. The van der Waals surface area contributed by atoms with E-state index in [2.05, 4.69) is 20.2 Å². The van der Waals surface area contributed by atoms with Crippen LogP contribution in [-0.2, 0) is 23.1 Å². The average Bonchev–Trinajstić information content (AvgIpc) is 2.94. The first-order chi connectivity index (χ1) is 9.62. The SMILES string of the molecule is CCNCc1cc(S(=O)(=O)NCc2cccnn2)cs1. The summed E-state index contributed by atoms with van der Waals surface area (Å²) in [6, 6.07) is 5.13. The Kier molecular flexibility index (Phi) is 5.18. The molecule has 0 spiro atoms. The highest BCUT2D eigenvalue weighted by molar-refractivity contribution is 7.89. The molecule has 0 saturated heterocycles. The van der Waals surface area contributed by atoms with E-state index in [9.17, 15) is 8.42 Å². The third-order valence-electron chi connectivity index (χ3n) is 2.56. The monoisotopic (exact) mass is 312 g/mol. The van der Waals surface area contributed by atoms with Crippen LogP contribution in [0.15, 0.2) is 34.7 Å². The van der Waals surface area contributed by atoms with E-state index in [1.165, 1.54) is 11.3 Å². The molecule has 0 aromatic carbocycles. The number of hydrogen-bond acceptors (Lipinski definition) is 6. The number of thiophene rings is 1. The van der Waals surface area contributed by atoms with E-state index in [1.807, 2.05) is 6.92 Å². The van der Waals surface area contributed by atoms with E-state index in [0.29, 0.717) is 17.1 Å². The van der Waals surface area contributed by atoms with E-state index in [4.69, 9.17) is 0 Å². The Morgan fingerprint density at radius 3 is 2.90 bits per heavy atom. The summed E-state index contributed by atoms with van der Waals surface area (Å²) in [5, 5.41) is 12.4. The van der Waals surface area contributed by atoms with Gasteiger partial charge in [0.2, 0.25) is 10.0 Å². The molecule has 0 atom stereocenters. The summed E-state index contributed by atoms with van der Waals surface area (Å²) in [5.74, 6) is 0. The maximum absolute atomic E-state index is 12.1. The first kappa shape index (κ1) is 15.0. The number of aromatic nitrogens is 2. The Morgan fingerprint density at radius 2 is 2.20 bits per heavy atom. The van der Waals surface area contributed by atoms with Gasteiger partial charge in [0.1, 0.15) is 0 Å². The lowest BCUT2D eigenvalue weighted by molar-refractivity contribution is 0.580. The zero-order valence-corrected chi connectivity index (χ0v) is 12.7.